The van der Waals surface area contributed by atoms with Crippen LogP contribution in [0, 0.1) is 0 Å². The Labute approximate surface area is 153 Å². The van der Waals surface area contributed by atoms with Crippen molar-refractivity contribution in [3.8, 4) is 0 Å². The lowest BCUT2D eigenvalue weighted by atomic mass is 10.1. The number of pyridine rings is 1. The molecule has 0 amide bonds. The topological polar surface area (TPSA) is 62.2 Å². The number of nitrogens with zero attached hydrogens (tertiary/aromatic N) is 1. The summed E-state index contributed by atoms with van der Waals surface area (Å²) in [6, 6.07) is 14.2. The zero-order valence-corrected chi connectivity index (χ0v) is 15.1. The molecule has 1 saturated carbocycles. The predicted octanol–water partition coefficient (Wildman–Crippen LogP) is 4.75. The zero-order chi connectivity index (χ0) is 17.5. The third-order valence-corrected chi connectivity index (χ3v) is 5.70. The van der Waals surface area contributed by atoms with Crippen molar-refractivity contribution in [2.24, 2.45) is 0 Å². The molecule has 0 unspecified atom stereocenters. The molecule has 0 bridgehead atoms. The molecule has 3 rings (SSSR count). The molecule has 1 aromatic heterocycles. The summed E-state index contributed by atoms with van der Waals surface area (Å²) in [6.07, 6.45) is 6.05. The summed E-state index contributed by atoms with van der Waals surface area (Å²) < 4.78 is 0. The number of rotatable bonds is 8. The molecule has 1 aliphatic carbocycles. The Bertz CT molecular complexity index is 697. The van der Waals surface area contributed by atoms with Crippen LogP contribution in [0.1, 0.15) is 43.4 Å². The molecular weight excluding hydrogens is 332 g/mol. The van der Waals surface area contributed by atoms with Gasteiger partial charge in [0.15, 0.2) is 0 Å². The van der Waals surface area contributed by atoms with E-state index in [0.29, 0.717) is 13.0 Å². The number of aryl methyl sites for hydroxylation is 1. The van der Waals surface area contributed by atoms with E-state index in [9.17, 15) is 4.79 Å². The molecule has 2 aromatic rings. The lowest BCUT2D eigenvalue weighted by Gasteiger charge is -2.10. The van der Waals surface area contributed by atoms with Gasteiger partial charge in [-0.1, -0.05) is 31.0 Å². The van der Waals surface area contributed by atoms with Crippen LogP contribution in [-0.2, 0) is 17.8 Å². The van der Waals surface area contributed by atoms with Gasteiger partial charge in [0.25, 0.3) is 0 Å². The van der Waals surface area contributed by atoms with Gasteiger partial charge in [-0.3, -0.25) is 4.79 Å². The minimum atomic E-state index is -0.761. The first-order valence-electron chi connectivity index (χ1n) is 8.86. The van der Waals surface area contributed by atoms with E-state index in [1.807, 2.05) is 42.1 Å². The number of benzene rings is 1. The SMILES string of the molecule is O=C(O)CCc1ccc(NCc2cccc(SC3CCCC3)n2)cc1. The van der Waals surface area contributed by atoms with Gasteiger partial charge in [-0.25, -0.2) is 4.98 Å². The second kappa shape index (κ2) is 8.90. The van der Waals surface area contributed by atoms with Crippen LogP contribution in [0.25, 0.3) is 0 Å². The van der Waals surface area contributed by atoms with Crippen LogP contribution in [0.4, 0.5) is 5.69 Å². The number of anilines is 1. The Morgan fingerprint density at radius 3 is 2.64 bits per heavy atom. The van der Waals surface area contributed by atoms with Crippen LogP contribution < -0.4 is 5.32 Å². The highest BCUT2D eigenvalue weighted by atomic mass is 32.2. The first kappa shape index (κ1) is 17.8. The fraction of sp³-hybridized carbons (Fsp3) is 0.400. The summed E-state index contributed by atoms with van der Waals surface area (Å²) in [5.41, 5.74) is 3.11. The van der Waals surface area contributed by atoms with Crippen molar-refractivity contribution in [1.29, 1.82) is 0 Å². The number of hydrogen-bond acceptors (Lipinski definition) is 4. The minimum Gasteiger partial charge on any atom is -0.481 e. The highest BCUT2D eigenvalue weighted by Gasteiger charge is 2.16. The van der Waals surface area contributed by atoms with Gasteiger partial charge in [0, 0.05) is 17.4 Å². The first-order chi connectivity index (χ1) is 12.2. The molecule has 0 atom stereocenters. The van der Waals surface area contributed by atoms with E-state index in [2.05, 4.69) is 17.4 Å². The normalized spacial score (nSPS) is 14.6. The third kappa shape index (κ3) is 5.78. The third-order valence-electron chi connectivity index (χ3n) is 4.43. The minimum absolute atomic E-state index is 0.169. The largest absolute Gasteiger partial charge is 0.481 e. The van der Waals surface area contributed by atoms with Gasteiger partial charge in [0.05, 0.1) is 17.3 Å². The number of hydrogen-bond donors (Lipinski definition) is 2. The van der Waals surface area contributed by atoms with Crippen LogP contribution in [0.5, 0.6) is 0 Å². The summed E-state index contributed by atoms with van der Waals surface area (Å²) >= 11 is 1.91. The van der Waals surface area contributed by atoms with E-state index in [-0.39, 0.29) is 6.42 Å². The Hall–Kier alpha value is -2.01. The molecular formula is C20H24N2O2S. The van der Waals surface area contributed by atoms with Crippen LogP contribution in [-0.4, -0.2) is 21.3 Å². The van der Waals surface area contributed by atoms with Gasteiger partial charge in [-0.05, 0) is 49.1 Å². The Morgan fingerprint density at radius 1 is 1.16 bits per heavy atom. The molecule has 0 spiro atoms. The molecule has 0 aliphatic heterocycles. The maximum atomic E-state index is 10.6. The molecule has 25 heavy (non-hydrogen) atoms. The number of aliphatic carboxylic acids is 1. The van der Waals surface area contributed by atoms with Crippen LogP contribution >= 0.6 is 11.8 Å². The van der Waals surface area contributed by atoms with Crippen molar-refractivity contribution < 1.29 is 9.90 Å². The standard InChI is InChI=1S/C20H24N2O2S/c23-20(24)13-10-15-8-11-16(12-9-15)21-14-17-4-3-7-19(22-17)25-18-5-1-2-6-18/h3-4,7-9,11-12,18,21H,1-2,5-6,10,13-14H2,(H,23,24). The monoisotopic (exact) mass is 356 g/mol. The second-order valence-electron chi connectivity index (χ2n) is 6.44. The highest BCUT2D eigenvalue weighted by molar-refractivity contribution is 7.99. The molecule has 0 saturated heterocycles. The summed E-state index contributed by atoms with van der Waals surface area (Å²) in [4.78, 5) is 15.4. The van der Waals surface area contributed by atoms with Gasteiger partial charge >= 0.3 is 5.97 Å². The van der Waals surface area contributed by atoms with Crippen LogP contribution in [0.2, 0.25) is 0 Å². The van der Waals surface area contributed by atoms with E-state index in [0.717, 1.165) is 27.2 Å². The smallest absolute Gasteiger partial charge is 0.303 e. The number of carboxylic acids is 1. The van der Waals surface area contributed by atoms with E-state index in [1.54, 1.807) is 0 Å². The zero-order valence-electron chi connectivity index (χ0n) is 14.3. The number of aromatic nitrogens is 1. The Balaban J connectivity index is 1.51. The highest BCUT2D eigenvalue weighted by Crippen LogP contribution is 2.33. The van der Waals surface area contributed by atoms with E-state index in [4.69, 9.17) is 10.1 Å². The maximum absolute atomic E-state index is 10.6. The summed E-state index contributed by atoms with van der Waals surface area (Å²) in [5, 5.41) is 14.0. The lowest BCUT2D eigenvalue weighted by molar-refractivity contribution is -0.136. The number of nitrogens with one attached hydrogen (secondary N) is 1. The molecule has 1 aromatic carbocycles. The summed E-state index contributed by atoms with van der Waals surface area (Å²) in [7, 11) is 0. The van der Waals surface area contributed by atoms with Gasteiger partial charge < -0.3 is 10.4 Å². The molecule has 2 N–H and O–H groups in total. The summed E-state index contributed by atoms with van der Waals surface area (Å²) in [6.45, 7) is 0.688. The van der Waals surface area contributed by atoms with E-state index < -0.39 is 5.97 Å². The maximum Gasteiger partial charge on any atom is 0.303 e. The average Bonchev–Trinajstić information content (AvgIpc) is 3.12. The average molecular weight is 356 g/mol. The molecule has 1 fully saturated rings. The van der Waals surface area contributed by atoms with Crippen molar-refractivity contribution >= 4 is 23.4 Å². The molecule has 4 nitrogen and oxygen atoms in total. The van der Waals surface area contributed by atoms with Crippen LogP contribution in [0.3, 0.4) is 0 Å². The van der Waals surface area contributed by atoms with Crippen molar-refractivity contribution in [1.82, 2.24) is 4.98 Å². The molecule has 5 heteroatoms. The van der Waals surface area contributed by atoms with Gasteiger partial charge in [0.1, 0.15) is 0 Å². The quantitative estimate of drug-likeness (QED) is 0.715. The van der Waals surface area contributed by atoms with E-state index >= 15 is 0 Å². The van der Waals surface area contributed by atoms with Crippen molar-refractivity contribution in [3.05, 3.63) is 53.7 Å². The molecule has 0 radical (unpaired) electrons. The number of carbonyl (C=O) groups is 1. The fourth-order valence-electron chi connectivity index (χ4n) is 3.03. The molecule has 1 aliphatic rings. The van der Waals surface area contributed by atoms with Crippen molar-refractivity contribution in [2.75, 3.05) is 5.32 Å². The van der Waals surface area contributed by atoms with Gasteiger partial charge in [0.2, 0.25) is 0 Å². The summed E-state index contributed by atoms with van der Waals surface area (Å²) in [5.74, 6) is -0.761. The predicted molar refractivity (Wildman–Crippen MR) is 102 cm³/mol. The van der Waals surface area contributed by atoms with Crippen LogP contribution in [0.15, 0.2) is 47.5 Å². The Kier molecular flexibility index (Phi) is 6.34. The number of thioether (sulfide) groups is 1. The van der Waals surface area contributed by atoms with Crippen molar-refractivity contribution in [2.45, 2.75) is 55.3 Å². The van der Waals surface area contributed by atoms with Gasteiger partial charge in [-0.2, -0.15) is 0 Å². The van der Waals surface area contributed by atoms with E-state index in [1.165, 1.54) is 25.7 Å². The number of carboxylic acid groups (broad SMARTS) is 1. The second-order valence-corrected chi connectivity index (χ2v) is 7.76. The first-order valence-corrected chi connectivity index (χ1v) is 9.74. The molecule has 1 heterocycles. The Morgan fingerprint density at radius 2 is 1.92 bits per heavy atom. The van der Waals surface area contributed by atoms with Gasteiger partial charge in [-0.15, -0.1) is 11.8 Å². The van der Waals surface area contributed by atoms with Crippen molar-refractivity contribution in [3.63, 3.8) is 0 Å². The fourth-order valence-corrected chi connectivity index (χ4v) is 4.27. The molecule has 132 valence electrons. The lowest BCUT2D eigenvalue weighted by Crippen LogP contribution is -2.03.